The summed E-state index contributed by atoms with van der Waals surface area (Å²) in [5.74, 6) is 0.963. The number of rotatable bonds is 9. The van der Waals surface area contributed by atoms with Gasteiger partial charge < -0.3 is 19.7 Å². The van der Waals surface area contributed by atoms with Crippen LogP contribution in [0.1, 0.15) is 24.5 Å². The van der Waals surface area contributed by atoms with E-state index in [2.05, 4.69) is 11.4 Å². The molecular weight excluding hydrogens is 370 g/mol. The molecule has 0 atom stereocenters. The fraction of sp³-hybridized carbons (Fsp3) is 0.318. The molecule has 0 saturated carbocycles. The highest BCUT2D eigenvalue weighted by Gasteiger charge is 2.15. The van der Waals surface area contributed by atoms with Crippen molar-refractivity contribution in [3.8, 4) is 17.6 Å². The third kappa shape index (κ3) is 5.98. The molecule has 0 bridgehead atoms. The minimum atomic E-state index is -0.188. The van der Waals surface area contributed by atoms with E-state index in [9.17, 15) is 14.9 Å². The molecule has 2 aromatic carbocycles. The molecule has 7 heteroatoms. The van der Waals surface area contributed by atoms with Crippen LogP contribution in [0.3, 0.4) is 0 Å². The number of aryl methyl sites for hydroxylation is 1. The van der Waals surface area contributed by atoms with Gasteiger partial charge in [-0.25, -0.2) is 0 Å². The molecule has 1 N–H and O–H groups in total. The van der Waals surface area contributed by atoms with E-state index >= 15 is 0 Å². The quantitative estimate of drug-likeness (QED) is 0.705. The van der Waals surface area contributed by atoms with Crippen molar-refractivity contribution in [2.75, 3.05) is 32.2 Å². The summed E-state index contributed by atoms with van der Waals surface area (Å²) in [5.41, 5.74) is 1.93. The van der Waals surface area contributed by atoms with E-state index in [1.54, 1.807) is 38.5 Å². The normalized spacial score (nSPS) is 10.0. The molecule has 0 aliphatic carbocycles. The predicted molar refractivity (Wildman–Crippen MR) is 110 cm³/mol. The molecule has 0 fully saturated rings. The molecule has 2 amide bonds. The van der Waals surface area contributed by atoms with Gasteiger partial charge in [0.15, 0.2) is 11.5 Å². The van der Waals surface area contributed by atoms with Crippen molar-refractivity contribution in [1.82, 2.24) is 5.32 Å². The van der Waals surface area contributed by atoms with Crippen LogP contribution in [-0.2, 0) is 16.0 Å². The van der Waals surface area contributed by atoms with E-state index in [1.165, 1.54) is 11.8 Å². The number of nitrogens with one attached hydrogen (secondary N) is 1. The van der Waals surface area contributed by atoms with E-state index in [0.29, 0.717) is 42.1 Å². The summed E-state index contributed by atoms with van der Waals surface area (Å²) in [5, 5.41) is 12.1. The van der Waals surface area contributed by atoms with Gasteiger partial charge in [0.1, 0.15) is 6.07 Å². The number of anilines is 1. The number of hydrogen-bond acceptors (Lipinski definition) is 5. The van der Waals surface area contributed by atoms with Gasteiger partial charge in [-0.15, -0.1) is 0 Å². The van der Waals surface area contributed by atoms with E-state index in [4.69, 9.17) is 9.47 Å². The fourth-order valence-corrected chi connectivity index (χ4v) is 2.94. The predicted octanol–water partition coefficient (Wildman–Crippen LogP) is 2.68. The van der Waals surface area contributed by atoms with Crippen molar-refractivity contribution in [1.29, 1.82) is 5.26 Å². The first kappa shape index (κ1) is 21.8. The SMILES string of the molecule is COc1ccc(CCC(=O)NCCN(C(C)=O)c2ccccc2C#N)cc1OC. The lowest BCUT2D eigenvalue weighted by Gasteiger charge is -2.22. The molecule has 0 unspecified atom stereocenters. The minimum Gasteiger partial charge on any atom is -0.493 e. The first-order chi connectivity index (χ1) is 14.0. The second-order valence-corrected chi connectivity index (χ2v) is 6.34. The van der Waals surface area contributed by atoms with Gasteiger partial charge in [0.25, 0.3) is 0 Å². The average molecular weight is 395 g/mol. The monoisotopic (exact) mass is 395 g/mol. The summed E-state index contributed by atoms with van der Waals surface area (Å²) in [6.07, 6.45) is 0.865. The van der Waals surface area contributed by atoms with E-state index in [-0.39, 0.29) is 18.4 Å². The Kier molecular flexibility index (Phi) is 8.04. The Balaban J connectivity index is 1.88. The molecule has 0 radical (unpaired) electrons. The zero-order valence-corrected chi connectivity index (χ0v) is 16.9. The van der Waals surface area contributed by atoms with E-state index < -0.39 is 0 Å². The van der Waals surface area contributed by atoms with Gasteiger partial charge in [-0.1, -0.05) is 18.2 Å². The summed E-state index contributed by atoms with van der Waals surface area (Å²) in [4.78, 5) is 25.7. The summed E-state index contributed by atoms with van der Waals surface area (Å²) < 4.78 is 10.5. The van der Waals surface area contributed by atoms with Crippen molar-refractivity contribution in [3.63, 3.8) is 0 Å². The van der Waals surface area contributed by atoms with Gasteiger partial charge in [-0.3, -0.25) is 9.59 Å². The minimum absolute atomic E-state index is 0.114. The molecule has 7 nitrogen and oxygen atoms in total. The molecular formula is C22H25N3O4. The van der Waals surface area contributed by atoms with Crippen LogP contribution in [0, 0.1) is 11.3 Å². The number of ether oxygens (including phenoxy) is 2. The van der Waals surface area contributed by atoms with Gasteiger partial charge in [0.05, 0.1) is 25.5 Å². The fourth-order valence-electron chi connectivity index (χ4n) is 2.94. The summed E-state index contributed by atoms with van der Waals surface area (Å²) in [7, 11) is 3.14. The lowest BCUT2D eigenvalue weighted by Crippen LogP contribution is -2.38. The molecule has 0 spiro atoms. The molecule has 29 heavy (non-hydrogen) atoms. The van der Waals surface area contributed by atoms with Gasteiger partial charge >= 0.3 is 0 Å². The summed E-state index contributed by atoms with van der Waals surface area (Å²) in [6.45, 7) is 2.02. The topological polar surface area (TPSA) is 91.7 Å². The van der Waals surface area contributed by atoms with Crippen LogP contribution in [0.4, 0.5) is 5.69 Å². The molecule has 0 saturated heterocycles. The number of benzene rings is 2. The lowest BCUT2D eigenvalue weighted by molar-refractivity contribution is -0.121. The lowest BCUT2D eigenvalue weighted by atomic mass is 10.1. The molecule has 0 aliphatic heterocycles. The Morgan fingerprint density at radius 3 is 2.48 bits per heavy atom. The van der Waals surface area contributed by atoms with Crippen molar-refractivity contribution in [3.05, 3.63) is 53.6 Å². The van der Waals surface area contributed by atoms with Crippen LogP contribution in [-0.4, -0.2) is 39.1 Å². The number of hydrogen-bond donors (Lipinski definition) is 1. The molecule has 0 aliphatic rings. The number of para-hydroxylation sites is 1. The summed E-state index contributed by atoms with van der Waals surface area (Å²) >= 11 is 0. The second kappa shape index (κ2) is 10.7. The largest absolute Gasteiger partial charge is 0.493 e. The van der Waals surface area contributed by atoms with E-state index in [1.807, 2.05) is 18.2 Å². The van der Waals surface area contributed by atoms with Crippen molar-refractivity contribution < 1.29 is 19.1 Å². The molecule has 0 heterocycles. The number of carbonyl (C=O) groups is 2. The molecule has 2 rings (SSSR count). The maximum absolute atomic E-state index is 12.2. The zero-order valence-electron chi connectivity index (χ0n) is 16.9. The van der Waals surface area contributed by atoms with Crippen LogP contribution < -0.4 is 19.7 Å². The molecule has 2 aromatic rings. The number of amides is 2. The van der Waals surface area contributed by atoms with Crippen LogP contribution in [0.15, 0.2) is 42.5 Å². The Morgan fingerprint density at radius 2 is 1.83 bits per heavy atom. The number of nitriles is 1. The Hall–Kier alpha value is -3.53. The maximum Gasteiger partial charge on any atom is 0.223 e. The number of methoxy groups -OCH3 is 2. The first-order valence-corrected chi connectivity index (χ1v) is 9.25. The van der Waals surface area contributed by atoms with Gasteiger partial charge in [0, 0.05) is 26.4 Å². The smallest absolute Gasteiger partial charge is 0.223 e. The van der Waals surface area contributed by atoms with E-state index in [0.717, 1.165) is 5.56 Å². The van der Waals surface area contributed by atoms with Crippen LogP contribution in [0.5, 0.6) is 11.5 Å². The van der Waals surface area contributed by atoms with Crippen molar-refractivity contribution in [2.45, 2.75) is 19.8 Å². The zero-order chi connectivity index (χ0) is 21.2. The molecule has 152 valence electrons. The highest BCUT2D eigenvalue weighted by Crippen LogP contribution is 2.28. The second-order valence-electron chi connectivity index (χ2n) is 6.34. The average Bonchev–Trinajstić information content (AvgIpc) is 2.74. The molecule has 0 aromatic heterocycles. The Bertz CT molecular complexity index is 905. The van der Waals surface area contributed by atoms with Gasteiger partial charge in [-0.05, 0) is 36.2 Å². The third-order valence-electron chi connectivity index (χ3n) is 4.44. The van der Waals surface area contributed by atoms with Crippen LogP contribution >= 0.6 is 0 Å². The van der Waals surface area contributed by atoms with Crippen molar-refractivity contribution >= 4 is 17.5 Å². The van der Waals surface area contributed by atoms with Crippen molar-refractivity contribution in [2.24, 2.45) is 0 Å². The highest BCUT2D eigenvalue weighted by molar-refractivity contribution is 5.93. The standard InChI is InChI=1S/C22H25N3O4/c1-16(26)25(19-7-5-4-6-18(19)15-23)13-12-24-22(27)11-9-17-8-10-20(28-2)21(14-17)29-3/h4-8,10,14H,9,11-13H2,1-3H3,(H,24,27). The number of carbonyl (C=O) groups excluding carboxylic acids is 2. The highest BCUT2D eigenvalue weighted by atomic mass is 16.5. The Labute approximate surface area is 170 Å². The van der Waals surface area contributed by atoms with Crippen LogP contribution in [0.2, 0.25) is 0 Å². The third-order valence-corrected chi connectivity index (χ3v) is 4.44. The van der Waals surface area contributed by atoms with Gasteiger partial charge in [0.2, 0.25) is 11.8 Å². The summed E-state index contributed by atoms with van der Waals surface area (Å²) in [6, 6.07) is 14.5. The Morgan fingerprint density at radius 1 is 1.10 bits per heavy atom. The van der Waals surface area contributed by atoms with Gasteiger partial charge in [-0.2, -0.15) is 5.26 Å². The maximum atomic E-state index is 12.2. The van der Waals surface area contributed by atoms with Crippen LogP contribution in [0.25, 0.3) is 0 Å². The first-order valence-electron chi connectivity index (χ1n) is 9.25. The number of nitrogens with zero attached hydrogens (tertiary/aromatic N) is 2.